The number of hydrogen-bond donors (Lipinski definition) is 0. The molecule has 0 aliphatic rings. The molecule has 0 saturated carbocycles. The molecule has 1 aromatic carbocycles. The molecule has 19 heavy (non-hydrogen) atoms. The molecule has 8 heteroatoms. The van der Waals surface area contributed by atoms with Gasteiger partial charge in [0.25, 0.3) is 5.69 Å². The Kier molecular flexibility index (Phi) is 5.50. The minimum atomic E-state index is -2.42. The molecule has 1 aromatic rings. The van der Waals surface area contributed by atoms with Gasteiger partial charge < -0.3 is 9.01 Å². The van der Waals surface area contributed by atoms with Crippen molar-refractivity contribution in [2.45, 2.75) is 0 Å². The van der Waals surface area contributed by atoms with Crippen LogP contribution in [0.1, 0.15) is 0 Å². The van der Waals surface area contributed by atoms with Gasteiger partial charge in [-0.25, -0.2) is 0 Å². The summed E-state index contributed by atoms with van der Waals surface area (Å²) in [5.74, 6) is 0. The molecule has 6 nitrogen and oxygen atoms in total. The van der Waals surface area contributed by atoms with Gasteiger partial charge in [-0.15, -0.1) is 0 Å². The van der Waals surface area contributed by atoms with Crippen LogP contribution in [-0.2, 0) is 9.09 Å². The van der Waals surface area contributed by atoms with Crippen molar-refractivity contribution >= 4 is 30.6 Å². The van der Waals surface area contributed by atoms with Crippen LogP contribution in [0, 0.1) is 10.1 Å². The van der Waals surface area contributed by atoms with Crippen molar-refractivity contribution in [1.82, 2.24) is 0 Å². The quantitative estimate of drug-likeness (QED) is 0.349. The van der Waals surface area contributed by atoms with E-state index in [9.17, 15) is 14.7 Å². The summed E-state index contributed by atoms with van der Waals surface area (Å²) < 4.78 is 17.9. The monoisotopic (exact) mass is 307 g/mol. The Morgan fingerprint density at radius 2 is 2.05 bits per heavy atom. The second-order valence-electron chi connectivity index (χ2n) is 5.07. The van der Waals surface area contributed by atoms with Crippen LogP contribution in [0.2, 0.25) is 5.02 Å². The van der Waals surface area contributed by atoms with Gasteiger partial charge in [0.05, 0.1) is 26.1 Å². The van der Waals surface area contributed by atoms with E-state index in [0.717, 1.165) is 6.54 Å². The molecular weight excluding hydrogens is 291 g/mol. The fourth-order valence-electron chi connectivity index (χ4n) is 1.28. The first-order chi connectivity index (χ1) is 8.70. The molecule has 0 saturated heterocycles. The smallest absolute Gasteiger partial charge is 0.287 e. The van der Waals surface area contributed by atoms with Gasteiger partial charge in [0.15, 0.2) is 0 Å². The highest BCUT2D eigenvalue weighted by atomic mass is 35.5. The van der Waals surface area contributed by atoms with Crippen molar-refractivity contribution in [3.63, 3.8) is 0 Å². The predicted octanol–water partition coefficient (Wildman–Crippen LogP) is 2.07. The number of nitro benzene ring substituents is 1. The lowest BCUT2D eigenvalue weighted by Gasteiger charge is -2.23. The van der Waals surface area contributed by atoms with E-state index < -0.39 is 13.0 Å². The highest BCUT2D eigenvalue weighted by molar-refractivity contribution is 7.48. The first-order valence-electron chi connectivity index (χ1n) is 5.62. The third kappa shape index (κ3) is 5.28. The molecule has 0 bridgehead atoms. The van der Waals surface area contributed by atoms with Gasteiger partial charge in [-0.3, -0.25) is 14.7 Å². The maximum absolute atomic E-state index is 11.9. The topological polar surface area (TPSA) is 69.4 Å². The normalized spacial score (nSPS) is 13.3. The average molecular weight is 308 g/mol. The molecule has 1 unspecified atom stereocenters. The molecule has 1 rings (SSSR count). The summed E-state index contributed by atoms with van der Waals surface area (Å²) in [6.07, 6.45) is 0. The van der Waals surface area contributed by atoms with Crippen molar-refractivity contribution in [3.8, 4) is 0 Å². The molecule has 0 aliphatic heterocycles. The molecule has 1 atom stereocenters. The first kappa shape index (κ1) is 16.1. The summed E-state index contributed by atoms with van der Waals surface area (Å²) in [6, 6.07) is 3.98. The van der Waals surface area contributed by atoms with Crippen LogP contribution in [0.5, 0.6) is 0 Å². The zero-order valence-corrected chi connectivity index (χ0v) is 12.8. The van der Waals surface area contributed by atoms with Crippen molar-refractivity contribution in [3.05, 3.63) is 33.3 Å². The molecule has 0 aliphatic carbocycles. The van der Waals surface area contributed by atoms with Crippen LogP contribution >= 0.6 is 19.6 Å². The fourth-order valence-corrected chi connectivity index (χ4v) is 2.54. The van der Waals surface area contributed by atoms with E-state index in [0.29, 0.717) is 16.4 Å². The Balaban J connectivity index is 2.68. The van der Waals surface area contributed by atoms with Crippen molar-refractivity contribution < 1.29 is 18.5 Å². The molecule has 0 aromatic heterocycles. The largest absolute Gasteiger partial charge is 0.329 e. The van der Waals surface area contributed by atoms with Crippen LogP contribution in [0.4, 0.5) is 5.69 Å². The molecule has 0 spiro atoms. The van der Waals surface area contributed by atoms with E-state index >= 15 is 0 Å². The number of rotatable bonds is 6. The maximum atomic E-state index is 11.9. The number of halogens is 1. The number of quaternary nitrogens is 1. The lowest BCUT2D eigenvalue weighted by atomic mass is 10.3. The lowest BCUT2D eigenvalue weighted by molar-refractivity contribution is -0.870. The van der Waals surface area contributed by atoms with Gasteiger partial charge in [0.1, 0.15) is 18.2 Å². The second-order valence-corrected chi connectivity index (χ2v) is 6.92. The Hall–Kier alpha value is -0.940. The standard InChI is InChI=1S/C11H17ClN2O4P/c1-14(2,3)6-7-18-19(17)9-4-5-11(13(15)16)10(12)8-9/h4-5,8,19H,6-7H2,1-3H3/q+1. The van der Waals surface area contributed by atoms with E-state index in [2.05, 4.69) is 0 Å². The molecule has 0 N–H and O–H groups in total. The van der Waals surface area contributed by atoms with Gasteiger partial charge >= 0.3 is 0 Å². The molecule has 0 amide bonds. The highest BCUT2D eigenvalue weighted by Crippen LogP contribution is 2.28. The molecule has 0 heterocycles. The first-order valence-corrected chi connectivity index (χ1v) is 7.32. The fraction of sp³-hybridized carbons (Fsp3) is 0.455. The van der Waals surface area contributed by atoms with Gasteiger partial charge in [0, 0.05) is 11.4 Å². The maximum Gasteiger partial charge on any atom is 0.287 e. The van der Waals surface area contributed by atoms with Gasteiger partial charge in [-0.2, -0.15) is 0 Å². The summed E-state index contributed by atoms with van der Waals surface area (Å²) in [6.45, 7) is 1.08. The summed E-state index contributed by atoms with van der Waals surface area (Å²) in [5.41, 5.74) is -0.202. The SMILES string of the molecule is C[N+](C)(C)CCO[PH](=O)c1ccc([N+](=O)[O-])c(Cl)c1. The van der Waals surface area contributed by atoms with E-state index in [-0.39, 0.29) is 10.7 Å². The van der Waals surface area contributed by atoms with Crippen LogP contribution in [-0.4, -0.2) is 43.7 Å². The lowest BCUT2D eigenvalue weighted by Crippen LogP contribution is -2.37. The van der Waals surface area contributed by atoms with Crippen LogP contribution < -0.4 is 5.30 Å². The number of benzene rings is 1. The third-order valence-corrected chi connectivity index (χ3v) is 3.93. The Morgan fingerprint density at radius 3 is 2.53 bits per heavy atom. The van der Waals surface area contributed by atoms with Crippen LogP contribution in [0.25, 0.3) is 0 Å². The number of hydrogen-bond acceptors (Lipinski definition) is 4. The number of likely N-dealkylation sites (N-methyl/N-ethyl adjacent to an activating group) is 1. The second kappa shape index (κ2) is 6.48. The predicted molar refractivity (Wildman–Crippen MR) is 75.6 cm³/mol. The van der Waals surface area contributed by atoms with Gasteiger partial charge in [-0.05, 0) is 12.1 Å². The summed E-state index contributed by atoms with van der Waals surface area (Å²) >= 11 is 5.75. The van der Waals surface area contributed by atoms with Crippen LogP contribution in [0.3, 0.4) is 0 Å². The Morgan fingerprint density at radius 1 is 1.42 bits per heavy atom. The zero-order chi connectivity index (χ0) is 14.6. The number of nitro groups is 1. The third-order valence-electron chi connectivity index (χ3n) is 2.38. The summed E-state index contributed by atoms with van der Waals surface area (Å²) in [7, 11) is 3.59. The molecule has 0 radical (unpaired) electrons. The zero-order valence-electron chi connectivity index (χ0n) is 11.1. The Bertz CT molecular complexity index is 502. The van der Waals surface area contributed by atoms with Crippen molar-refractivity contribution in [2.24, 2.45) is 0 Å². The Labute approximate surface area is 117 Å². The van der Waals surface area contributed by atoms with Crippen LogP contribution in [0.15, 0.2) is 18.2 Å². The van der Waals surface area contributed by atoms with Crippen molar-refractivity contribution in [1.29, 1.82) is 0 Å². The minimum absolute atomic E-state index is 0.0314. The van der Waals surface area contributed by atoms with Crippen molar-refractivity contribution in [2.75, 3.05) is 34.3 Å². The molecular formula is C11H17ClN2O4P+. The van der Waals surface area contributed by atoms with E-state index in [1.807, 2.05) is 21.1 Å². The van der Waals surface area contributed by atoms with Gasteiger partial charge in [-0.1, -0.05) is 11.6 Å². The van der Waals surface area contributed by atoms with E-state index in [1.54, 1.807) is 0 Å². The molecule has 0 fully saturated rings. The van der Waals surface area contributed by atoms with E-state index in [4.69, 9.17) is 16.1 Å². The summed E-state index contributed by atoms with van der Waals surface area (Å²) in [4.78, 5) is 10.0. The minimum Gasteiger partial charge on any atom is -0.329 e. The average Bonchev–Trinajstić information content (AvgIpc) is 2.26. The van der Waals surface area contributed by atoms with E-state index in [1.165, 1.54) is 18.2 Å². The molecule has 106 valence electrons. The number of nitrogens with zero attached hydrogens (tertiary/aromatic N) is 2. The summed E-state index contributed by atoms with van der Waals surface area (Å²) in [5, 5.41) is 11.0. The highest BCUT2D eigenvalue weighted by Gasteiger charge is 2.15. The van der Waals surface area contributed by atoms with Gasteiger partial charge in [0.2, 0.25) is 8.03 Å².